The summed E-state index contributed by atoms with van der Waals surface area (Å²) in [7, 11) is 0. The van der Waals surface area contributed by atoms with E-state index in [-0.39, 0.29) is 5.56 Å². The number of rotatable bonds is 0. The van der Waals surface area contributed by atoms with Crippen molar-refractivity contribution in [2.24, 2.45) is 0 Å². The lowest BCUT2D eigenvalue weighted by Crippen LogP contribution is -2.03. The highest BCUT2D eigenvalue weighted by Crippen LogP contribution is 2.39. The molecule has 1 aromatic rings. The zero-order chi connectivity index (χ0) is 9.35. The Hall–Kier alpha value is 0.0200. The van der Waals surface area contributed by atoms with Crippen molar-refractivity contribution in [1.82, 2.24) is 0 Å². The van der Waals surface area contributed by atoms with Crippen molar-refractivity contribution >= 4 is 34.8 Å². The number of alkyl halides is 3. The monoisotopic (exact) mass is 226 g/mol. The molecule has 0 N–H and O–H groups in total. The first-order chi connectivity index (χ1) is 5.41. The van der Waals surface area contributed by atoms with E-state index in [1.807, 2.05) is 0 Å². The molecule has 66 valence electrons. The van der Waals surface area contributed by atoms with Crippen molar-refractivity contribution in [3.8, 4) is 0 Å². The lowest BCUT2D eigenvalue weighted by Gasteiger charge is -2.12. The van der Waals surface area contributed by atoms with Crippen LogP contribution in [-0.2, 0) is 3.79 Å². The Kier molecular flexibility index (Phi) is 2.87. The van der Waals surface area contributed by atoms with Crippen LogP contribution in [-0.4, -0.2) is 0 Å². The molecule has 0 saturated heterocycles. The van der Waals surface area contributed by atoms with Gasteiger partial charge in [-0.1, -0.05) is 46.9 Å². The molecular formula is C8H6Cl3F. The molecule has 0 aromatic heterocycles. The topological polar surface area (TPSA) is 0 Å². The molecule has 0 bridgehead atoms. The van der Waals surface area contributed by atoms with E-state index in [0.29, 0.717) is 0 Å². The predicted octanol–water partition coefficient (Wildman–Crippen LogP) is 3.96. The molecule has 12 heavy (non-hydrogen) atoms. The highest BCUT2D eigenvalue weighted by atomic mass is 35.6. The predicted molar refractivity (Wildman–Crippen MR) is 50.4 cm³/mol. The molecule has 0 amide bonds. The van der Waals surface area contributed by atoms with E-state index in [1.54, 1.807) is 13.0 Å². The molecule has 0 atom stereocenters. The number of hydrogen-bond donors (Lipinski definition) is 0. The van der Waals surface area contributed by atoms with Gasteiger partial charge < -0.3 is 0 Å². The van der Waals surface area contributed by atoms with E-state index in [9.17, 15) is 4.39 Å². The van der Waals surface area contributed by atoms with Gasteiger partial charge in [0, 0.05) is 5.56 Å². The maximum atomic E-state index is 13.1. The Morgan fingerprint density at radius 2 is 1.83 bits per heavy atom. The van der Waals surface area contributed by atoms with Gasteiger partial charge in [0.25, 0.3) is 0 Å². The van der Waals surface area contributed by atoms with Crippen LogP contribution in [0.1, 0.15) is 11.1 Å². The molecule has 0 saturated carbocycles. The largest absolute Gasteiger partial charge is 0.218 e. The number of hydrogen-bond acceptors (Lipinski definition) is 0. The summed E-state index contributed by atoms with van der Waals surface area (Å²) in [5.41, 5.74) is 0.878. The van der Waals surface area contributed by atoms with Gasteiger partial charge in [-0.25, -0.2) is 4.39 Å². The second-order valence-electron chi connectivity index (χ2n) is 2.48. The van der Waals surface area contributed by atoms with Crippen LogP contribution in [0.3, 0.4) is 0 Å². The fourth-order valence-corrected chi connectivity index (χ4v) is 1.31. The summed E-state index contributed by atoms with van der Waals surface area (Å²) >= 11 is 16.5. The van der Waals surface area contributed by atoms with E-state index < -0.39 is 9.61 Å². The Morgan fingerprint density at radius 3 is 2.25 bits per heavy atom. The Morgan fingerprint density at radius 1 is 1.25 bits per heavy atom. The molecule has 0 aliphatic carbocycles. The minimum absolute atomic E-state index is 0.0816. The molecule has 0 unspecified atom stereocenters. The fourth-order valence-electron chi connectivity index (χ4n) is 0.850. The Labute approximate surface area is 85.2 Å². The third-order valence-electron chi connectivity index (χ3n) is 1.43. The average Bonchev–Trinajstić information content (AvgIpc) is 1.83. The lowest BCUT2D eigenvalue weighted by atomic mass is 10.1. The van der Waals surface area contributed by atoms with Gasteiger partial charge in [0.1, 0.15) is 5.82 Å². The van der Waals surface area contributed by atoms with E-state index in [4.69, 9.17) is 34.8 Å². The Bertz CT molecular complexity index is 291. The first-order valence-corrected chi connectivity index (χ1v) is 4.38. The molecule has 0 spiro atoms. The first-order valence-electron chi connectivity index (χ1n) is 3.24. The molecule has 0 aliphatic rings. The van der Waals surface area contributed by atoms with E-state index in [1.165, 1.54) is 12.1 Å². The van der Waals surface area contributed by atoms with Gasteiger partial charge in [-0.2, -0.15) is 0 Å². The van der Waals surface area contributed by atoms with Crippen LogP contribution in [0.5, 0.6) is 0 Å². The summed E-state index contributed by atoms with van der Waals surface area (Å²) in [5.74, 6) is -0.491. The minimum atomic E-state index is -1.68. The molecule has 0 heterocycles. The van der Waals surface area contributed by atoms with Gasteiger partial charge in [0.05, 0.1) is 0 Å². The van der Waals surface area contributed by atoms with Crippen molar-refractivity contribution in [2.75, 3.05) is 0 Å². The highest BCUT2D eigenvalue weighted by Gasteiger charge is 2.26. The van der Waals surface area contributed by atoms with Gasteiger partial charge in [0.2, 0.25) is 3.79 Å². The molecule has 0 fully saturated rings. The maximum Gasteiger partial charge on any atom is 0.218 e. The van der Waals surface area contributed by atoms with Crippen LogP contribution in [0.2, 0.25) is 0 Å². The minimum Gasteiger partial charge on any atom is -0.207 e. The summed E-state index contributed by atoms with van der Waals surface area (Å²) in [6, 6.07) is 4.50. The standard InChI is InChI=1S/C8H6Cl3F/c1-5-2-3-6(7(12)4-5)8(9,10)11/h2-4H,1H3. The average molecular weight is 227 g/mol. The van der Waals surface area contributed by atoms with Crippen LogP contribution in [0, 0.1) is 12.7 Å². The third kappa shape index (κ3) is 2.25. The molecule has 4 heteroatoms. The fraction of sp³-hybridized carbons (Fsp3) is 0.250. The summed E-state index contributed by atoms with van der Waals surface area (Å²) in [6.45, 7) is 1.77. The summed E-state index contributed by atoms with van der Waals surface area (Å²) in [6.07, 6.45) is 0. The summed E-state index contributed by atoms with van der Waals surface area (Å²) in [4.78, 5) is 0. The van der Waals surface area contributed by atoms with Crippen molar-refractivity contribution in [1.29, 1.82) is 0 Å². The lowest BCUT2D eigenvalue weighted by molar-refractivity contribution is 0.612. The molecule has 1 rings (SSSR count). The second kappa shape index (κ2) is 3.41. The van der Waals surface area contributed by atoms with Crippen LogP contribution >= 0.6 is 34.8 Å². The van der Waals surface area contributed by atoms with Gasteiger partial charge in [-0.3, -0.25) is 0 Å². The first kappa shape index (κ1) is 10.1. The number of aryl methyl sites for hydroxylation is 1. The van der Waals surface area contributed by atoms with Crippen molar-refractivity contribution < 1.29 is 4.39 Å². The second-order valence-corrected chi connectivity index (χ2v) is 4.76. The van der Waals surface area contributed by atoms with E-state index >= 15 is 0 Å². The third-order valence-corrected chi connectivity index (χ3v) is 2.04. The van der Waals surface area contributed by atoms with Gasteiger partial charge in [0.15, 0.2) is 0 Å². The van der Waals surface area contributed by atoms with Crippen molar-refractivity contribution in [3.05, 3.63) is 35.1 Å². The summed E-state index contributed by atoms with van der Waals surface area (Å²) < 4.78 is 11.4. The highest BCUT2D eigenvalue weighted by molar-refractivity contribution is 6.66. The number of benzene rings is 1. The molecule has 0 aliphatic heterocycles. The zero-order valence-corrected chi connectivity index (χ0v) is 8.51. The van der Waals surface area contributed by atoms with Crippen molar-refractivity contribution in [3.63, 3.8) is 0 Å². The molecule has 1 aromatic carbocycles. The number of halogens is 4. The molecule has 0 radical (unpaired) electrons. The molecule has 0 nitrogen and oxygen atoms in total. The van der Waals surface area contributed by atoms with Gasteiger partial charge >= 0.3 is 0 Å². The van der Waals surface area contributed by atoms with Gasteiger partial charge in [-0.05, 0) is 18.6 Å². The molecular weight excluding hydrogens is 221 g/mol. The quantitative estimate of drug-likeness (QED) is 0.589. The van der Waals surface area contributed by atoms with Crippen LogP contribution in [0.4, 0.5) is 4.39 Å². The Balaban J connectivity index is 3.19. The van der Waals surface area contributed by atoms with Gasteiger partial charge in [-0.15, -0.1) is 0 Å². The van der Waals surface area contributed by atoms with E-state index in [0.717, 1.165) is 5.56 Å². The van der Waals surface area contributed by atoms with Crippen LogP contribution in [0.25, 0.3) is 0 Å². The normalized spacial score (nSPS) is 11.8. The summed E-state index contributed by atoms with van der Waals surface area (Å²) in [5, 5.41) is 0. The SMILES string of the molecule is Cc1ccc(C(Cl)(Cl)Cl)c(F)c1. The smallest absolute Gasteiger partial charge is 0.207 e. The van der Waals surface area contributed by atoms with Crippen LogP contribution < -0.4 is 0 Å². The zero-order valence-electron chi connectivity index (χ0n) is 6.24. The van der Waals surface area contributed by atoms with E-state index in [2.05, 4.69) is 0 Å². The maximum absolute atomic E-state index is 13.1. The van der Waals surface area contributed by atoms with Crippen LogP contribution in [0.15, 0.2) is 18.2 Å². The van der Waals surface area contributed by atoms with Crippen molar-refractivity contribution in [2.45, 2.75) is 10.7 Å².